The molecule has 110 valence electrons. The molecule has 2 rings (SSSR count). The summed E-state index contributed by atoms with van der Waals surface area (Å²) in [5.74, 6) is -1.30. The van der Waals surface area contributed by atoms with Gasteiger partial charge >= 0.3 is 5.97 Å². The number of carboxylic acids is 1. The molecule has 2 aromatic heterocycles. The molecule has 1 amide bonds. The number of amides is 1. The Balaban J connectivity index is 2.07. The summed E-state index contributed by atoms with van der Waals surface area (Å²) >= 11 is 1.26. The molecule has 6 nitrogen and oxygen atoms in total. The van der Waals surface area contributed by atoms with E-state index >= 15 is 0 Å². The van der Waals surface area contributed by atoms with Crippen LogP contribution in [0.5, 0.6) is 0 Å². The quantitative estimate of drug-likeness (QED) is 0.902. The van der Waals surface area contributed by atoms with E-state index in [1.54, 1.807) is 6.92 Å². The number of carbonyl (C=O) groups is 2. The lowest BCUT2D eigenvalue weighted by Gasteiger charge is -2.06. The van der Waals surface area contributed by atoms with Gasteiger partial charge in [0, 0.05) is 16.8 Å². The number of hydrogen-bond donors (Lipinski definition) is 2. The predicted molar refractivity (Wildman–Crippen MR) is 78.7 cm³/mol. The van der Waals surface area contributed by atoms with Gasteiger partial charge < -0.3 is 10.4 Å². The van der Waals surface area contributed by atoms with Crippen molar-refractivity contribution in [3.8, 4) is 0 Å². The van der Waals surface area contributed by atoms with Gasteiger partial charge in [-0.3, -0.25) is 9.78 Å². The van der Waals surface area contributed by atoms with Gasteiger partial charge in [-0.25, -0.2) is 9.78 Å². The van der Waals surface area contributed by atoms with Crippen molar-refractivity contribution in [2.24, 2.45) is 0 Å². The molecule has 7 heteroatoms. The van der Waals surface area contributed by atoms with E-state index in [4.69, 9.17) is 5.11 Å². The van der Waals surface area contributed by atoms with E-state index in [2.05, 4.69) is 15.3 Å². The van der Waals surface area contributed by atoms with Gasteiger partial charge in [-0.15, -0.1) is 11.3 Å². The van der Waals surface area contributed by atoms with Crippen molar-refractivity contribution < 1.29 is 14.7 Å². The van der Waals surface area contributed by atoms with Gasteiger partial charge in [0.2, 0.25) is 0 Å². The summed E-state index contributed by atoms with van der Waals surface area (Å²) in [6.45, 7) is 5.60. The number of carbonyl (C=O) groups excluding carboxylic acids is 1. The normalized spacial score (nSPS) is 10.4. The van der Waals surface area contributed by atoms with Gasteiger partial charge in [0.1, 0.15) is 5.01 Å². The number of aromatic nitrogens is 2. The fourth-order valence-electron chi connectivity index (χ4n) is 1.91. The molecule has 0 aliphatic heterocycles. The topological polar surface area (TPSA) is 92.2 Å². The van der Waals surface area contributed by atoms with Crippen LogP contribution < -0.4 is 5.32 Å². The molecule has 0 saturated heterocycles. The third-order valence-corrected chi connectivity index (χ3v) is 3.91. The average molecular weight is 305 g/mol. The first kappa shape index (κ1) is 15.1. The lowest BCUT2D eigenvalue weighted by atomic mass is 10.1. The number of rotatable bonds is 4. The highest BCUT2D eigenvalue weighted by Gasteiger charge is 2.15. The first-order valence-electron chi connectivity index (χ1n) is 6.29. The third-order valence-electron chi connectivity index (χ3n) is 2.94. The van der Waals surface area contributed by atoms with E-state index in [-0.39, 0.29) is 18.1 Å². The number of aromatic carboxylic acids is 1. The summed E-state index contributed by atoms with van der Waals surface area (Å²) in [4.78, 5) is 31.7. The second-order valence-electron chi connectivity index (χ2n) is 4.64. The molecule has 0 aliphatic rings. The summed E-state index contributed by atoms with van der Waals surface area (Å²) < 4.78 is 0. The number of thiazole rings is 1. The zero-order valence-corrected chi connectivity index (χ0v) is 12.7. The summed E-state index contributed by atoms with van der Waals surface area (Å²) in [7, 11) is 0. The van der Waals surface area contributed by atoms with Crippen molar-refractivity contribution >= 4 is 23.2 Å². The van der Waals surface area contributed by atoms with Crippen LogP contribution in [0.2, 0.25) is 0 Å². The number of carboxylic acid groups (broad SMARTS) is 1. The fraction of sp³-hybridized carbons (Fsp3) is 0.286. The zero-order chi connectivity index (χ0) is 15.6. The lowest BCUT2D eigenvalue weighted by molar-refractivity contribution is 0.0690. The molecule has 0 atom stereocenters. The van der Waals surface area contributed by atoms with Crippen molar-refractivity contribution in [3.05, 3.63) is 44.7 Å². The standard InChI is InChI=1S/C14H15N3O3S/c1-7-4-8(2)15-5-10(7)13(18)16-6-11-17-12(14(19)20)9(3)21-11/h4-5H,6H2,1-3H3,(H,16,18)(H,19,20). The Hall–Kier alpha value is -2.28. The summed E-state index contributed by atoms with van der Waals surface area (Å²) in [6.07, 6.45) is 1.54. The second kappa shape index (κ2) is 6.01. The van der Waals surface area contributed by atoms with Gasteiger partial charge in [0.15, 0.2) is 5.69 Å². The SMILES string of the molecule is Cc1cc(C)c(C(=O)NCc2nc(C(=O)O)c(C)s2)cn1. The number of nitrogens with one attached hydrogen (secondary N) is 1. The number of pyridine rings is 1. The molecule has 0 aromatic carbocycles. The Morgan fingerprint density at radius 2 is 2.05 bits per heavy atom. The highest BCUT2D eigenvalue weighted by molar-refractivity contribution is 7.11. The Kier molecular flexibility index (Phi) is 4.32. The zero-order valence-electron chi connectivity index (χ0n) is 11.9. The Labute approximate surface area is 125 Å². The van der Waals surface area contributed by atoms with E-state index in [1.165, 1.54) is 17.5 Å². The minimum absolute atomic E-state index is 0.0393. The summed E-state index contributed by atoms with van der Waals surface area (Å²) in [5.41, 5.74) is 2.25. The van der Waals surface area contributed by atoms with E-state index in [0.29, 0.717) is 15.4 Å². The van der Waals surface area contributed by atoms with E-state index in [9.17, 15) is 9.59 Å². The number of aryl methyl sites for hydroxylation is 3. The molecule has 0 fully saturated rings. The second-order valence-corrected chi connectivity index (χ2v) is 5.93. The predicted octanol–water partition coefficient (Wildman–Crippen LogP) is 2.09. The maximum absolute atomic E-state index is 12.1. The maximum Gasteiger partial charge on any atom is 0.355 e. The number of hydrogen-bond acceptors (Lipinski definition) is 5. The molecular weight excluding hydrogens is 290 g/mol. The van der Waals surface area contributed by atoms with Crippen molar-refractivity contribution in [3.63, 3.8) is 0 Å². The fourth-order valence-corrected chi connectivity index (χ4v) is 2.78. The summed E-state index contributed by atoms with van der Waals surface area (Å²) in [6, 6.07) is 1.84. The summed E-state index contributed by atoms with van der Waals surface area (Å²) in [5, 5.41) is 12.2. The Morgan fingerprint density at radius 1 is 1.33 bits per heavy atom. The molecule has 0 aliphatic carbocycles. The highest BCUT2D eigenvalue weighted by Crippen LogP contribution is 2.17. The minimum atomic E-state index is -1.06. The van der Waals surface area contributed by atoms with Crippen molar-refractivity contribution in [2.75, 3.05) is 0 Å². The smallest absolute Gasteiger partial charge is 0.355 e. The molecule has 0 bridgehead atoms. The maximum atomic E-state index is 12.1. The van der Waals surface area contributed by atoms with Gasteiger partial charge in [-0.05, 0) is 32.4 Å². The largest absolute Gasteiger partial charge is 0.476 e. The van der Waals surface area contributed by atoms with Crippen LogP contribution in [0.3, 0.4) is 0 Å². The van der Waals surface area contributed by atoms with Crippen LogP contribution in [-0.4, -0.2) is 27.0 Å². The van der Waals surface area contributed by atoms with Crippen LogP contribution >= 0.6 is 11.3 Å². The molecule has 21 heavy (non-hydrogen) atoms. The Bertz CT molecular complexity index is 709. The molecule has 0 spiro atoms. The molecular formula is C14H15N3O3S. The molecule has 0 unspecified atom stereocenters. The van der Waals surface area contributed by atoms with E-state index in [0.717, 1.165) is 11.3 Å². The van der Waals surface area contributed by atoms with Crippen molar-refractivity contribution in [2.45, 2.75) is 27.3 Å². The van der Waals surface area contributed by atoms with Crippen LogP contribution in [0.15, 0.2) is 12.3 Å². The van der Waals surface area contributed by atoms with Crippen LogP contribution in [0.4, 0.5) is 0 Å². The first-order chi connectivity index (χ1) is 9.88. The van der Waals surface area contributed by atoms with Crippen LogP contribution in [0.1, 0.15) is 42.0 Å². The van der Waals surface area contributed by atoms with Crippen LogP contribution in [0, 0.1) is 20.8 Å². The molecule has 2 N–H and O–H groups in total. The monoisotopic (exact) mass is 305 g/mol. The van der Waals surface area contributed by atoms with Crippen molar-refractivity contribution in [1.29, 1.82) is 0 Å². The Morgan fingerprint density at radius 3 is 2.62 bits per heavy atom. The van der Waals surface area contributed by atoms with Gasteiger partial charge in [0.25, 0.3) is 5.91 Å². The third kappa shape index (κ3) is 3.43. The molecule has 0 radical (unpaired) electrons. The average Bonchev–Trinajstić information content (AvgIpc) is 2.77. The van der Waals surface area contributed by atoms with Crippen LogP contribution in [-0.2, 0) is 6.54 Å². The molecule has 0 saturated carbocycles. The highest BCUT2D eigenvalue weighted by atomic mass is 32.1. The van der Waals surface area contributed by atoms with Gasteiger partial charge in [-0.1, -0.05) is 0 Å². The van der Waals surface area contributed by atoms with E-state index in [1.807, 2.05) is 19.9 Å². The van der Waals surface area contributed by atoms with Crippen molar-refractivity contribution in [1.82, 2.24) is 15.3 Å². The lowest BCUT2D eigenvalue weighted by Crippen LogP contribution is -2.23. The number of nitrogens with zero attached hydrogens (tertiary/aromatic N) is 2. The first-order valence-corrected chi connectivity index (χ1v) is 7.11. The molecule has 2 heterocycles. The minimum Gasteiger partial charge on any atom is -0.476 e. The van der Waals surface area contributed by atoms with E-state index < -0.39 is 5.97 Å². The molecule has 2 aromatic rings. The van der Waals surface area contributed by atoms with Crippen LogP contribution in [0.25, 0.3) is 0 Å². The van der Waals surface area contributed by atoms with Gasteiger partial charge in [-0.2, -0.15) is 0 Å². The van der Waals surface area contributed by atoms with Gasteiger partial charge in [0.05, 0.1) is 12.1 Å².